The highest BCUT2D eigenvalue weighted by Gasteiger charge is 2.32. The van der Waals surface area contributed by atoms with Crippen LogP contribution in [0, 0.1) is 0 Å². The highest BCUT2D eigenvalue weighted by Crippen LogP contribution is 2.32. The van der Waals surface area contributed by atoms with Crippen LogP contribution >= 0.6 is 0 Å². The minimum absolute atomic E-state index is 0.0148. The molecule has 10 heterocycles. The summed E-state index contributed by atoms with van der Waals surface area (Å²) in [6.45, 7) is 14.8. The molecule has 2 saturated heterocycles. The number of carbonyl (C=O) groups excluding carboxylic acids is 1. The van der Waals surface area contributed by atoms with Gasteiger partial charge in [0.2, 0.25) is 0 Å². The summed E-state index contributed by atoms with van der Waals surface area (Å²) in [5, 5.41) is 3.61. The lowest BCUT2D eigenvalue weighted by atomic mass is 10.0. The third-order valence-electron chi connectivity index (χ3n) is 13.2. The zero-order chi connectivity index (χ0) is 50.9. The maximum atomic E-state index is 13.3. The molecule has 10 rings (SSSR count). The second-order valence-corrected chi connectivity index (χ2v) is 19.2. The number of carbonyl (C=O) groups is 1. The molecule has 22 heteroatoms. The van der Waals surface area contributed by atoms with Gasteiger partial charge in [0.1, 0.15) is 43.5 Å². The van der Waals surface area contributed by atoms with Gasteiger partial charge in [0, 0.05) is 82.2 Å². The summed E-state index contributed by atoms with van der Waals surface area (Å²) >= 11 is 0. The number of nitrogens with one attached hydrogen (secondary N) is 1. The van der Waals surface area contributed by atoms with E-state index < -0.39 is 5.60 Å². The van der Waals surface area contributed by atoms with Gasteiger partial charge < -0.3 is 57.4 Å². The van der Waals surface area contributed by atoms with Crippen LogP contribution < -0.4 is 44.9 Å². The van der Waals surface area contributed by atoms with Crippen LogP contribution in [-0.2, 0) is 30.9 Å². The smallest absolute Gasteiger partial charge is 0.410 e. The summed E-state index contributed by atoms with van der Waals surface area (Å²) in [5.41, 5.74) is 3.14. The van der Waals surface area contributed by atoms with Crippen LogP contribution in [0.3, 0.4) is 0 Å². The Kier molecular flexibility index (Phi) is 16.1. The van der Waals surface area contributed by atoms with Crippen LogP contribution in [0.15, 0.2) is 71.0 Å². The molecule has 0 radical (unpaired) electrons. The predicted octanol–water partition coefficient (Wildman–Crippen LogP) is 4.09. The van der Waals surface area contributed by atoms with E-state index >= 15 is 0 Å². The summed E-state index contributed by atoms with van der Waals surface area (Å²) in [5.74, 6) is 3.93. The van der Waals surface area contributed by atoms with Gasteiger partial charge in [-0.05, 0) is 59.5 Å². The van der Waals surface area contributed by atoms with Crippen LogP contribution in [0.1, 0.15) is 57.8 Å². The second kappa shape index (κ2) is 23.1. The standard InChI is InChI=1S/C28H36N6O6.C23H28N6O4/c1-28(2,3)40-27(36)34(18-19-13-23-24(16-29-19)39-12-11-38-23)20-5-7-32(8-6-20)9-10-33-22-14-21(37-4)15-30-26(22)31-17-25(33)35;1-31-18-11-19-23(26-13-18)27-15-22(30)29(19)7-6-28-4-2-16(3-5-28)24-12-17-10-20-21(14-25-17)33-9-8-32-20/h13-17,20H,5-12,18H2,1-4H3;10-11,13-16,24H,2-9,12H2,1H3. The van der Waals surface area contributed by atoms with Gasteiger partial charge >= 0.3 is 6.09 Å². The van der Waals surface area contributed by atoms with E-state index in [2.05, 4.69) is 45.0 Å². The number of hydrogen-bond donors (Lipinski definition) is 1. The first-order valence-electron chi connectivity index (χ1n) is 24.9. The number of hydrogen-bond acceptors (Lipinski definition) is 19. The number of pyridine rings is 4. The Balaban J connectivity index is 0.000000183. The first-order chi connectivity index (χ1) is 35.4. The molecule has 0 unspecified atom stereocenters. The molecule has 22 nitrogen and oxygen atoms in total. The fraction of sp³-hybridized carbons (Fsp3) is 0.510. The molecule has 0 bridgehead atoms. The zero-order valence-electron chi connectivity index (χ0n) is 42.2. The number of fused-ring (bicyclic) bond motifs is 4. The van der Waals surface area contributed by atoms with Gasteiger partial charge in [-0.2, -0.15) is 0 Å². The van der Waals surface area contributed by atoms with E-state index in [1.54, 1.807) is 59.1 Å². The van der Waals surface area contributed by atoms with Crippen molar-refractivity contribution in [3.05, 3.63) is 93.5 Å². The molecule has 6 aromatic rings. The number of ether oxygens (including phenoxy) is 7. The Labute approximate surface area is 422 Å². The van der Waals surface area contributed by atoms with Crippen molar-refractivity contribution in [1.29, 1.82) is 0 Å². The number of methoxy groups -OCH3 is 2. The number of likely N-dealkylation sites (tertiary alicyclic amines) is 2. The number of rotatable bonds is 14. The monoisotopic (exact) mass is 1000 g/mol. The number of nitrogens with zero attached hydrogens (tertiary/aromatic N) is 11. The van der Waals surface area contributed by atoms with E-state index in [4.69, 9.17) is 33.2 Å². The lowest BCUT2D eigenvalue weighted by Crippen LogP contribution is -2.49. The highest BCUT2D eigenvalue weighted by molar-refractivity contribution is 5.72. The van der Waals surface area contributed by atoms with E-state index in [9.17, 15) is 14.4 Å². The molecule has 0 aliphatic carbocycles. The first-order valence-corrected chi connectivity index (χ1v) is 24.9. The number of amides is 1. The molecule has 4 aliphatic heterocycles. The maximum absolute atomic E-state index is 13.3. The lowest BCUT2D eigenvalue weighted by Gasteiger charge is -2.39. The summed E-state index contributed by atoms with van der Waals surface area (Å²) in [6.07, 6.45) is 12.5. The average Bonchev–Trinajstić information content (AvgIpc) is 3.41. The summed E-state index contributed by atoms with van der Waals surface area (Å²) in [4.78, 5) is 70.7. The second-order valence-electron chi connectivity index (χ2n) is 19.2. The Hall–Kier alpha value is -7.17. The van der Waals surface area contributed by atoms with Crippen LogP contribution in [0.5, 0.6) is 34.5 Å². The zero-order valence-corrected chi connectivity index (χ0v) is 42.2. The minimum atomic E-state index is -0.617. The van der Waals surface area contributed by atoms with Crippen LogP contribution in [0.25, 0.3) is 22.3 Å². The Morgan fingerprint density at radius 1 is 0.616 bits per heavy atom. The Bertz CT molecular complexity index is 2990. The third kappa shape index (κ3) is 12.9. The Morgan fingerprint density at radius 3 is 1.59 bits per heavy atom. The van der Waals surface area contributed by atoms with Crippen molar-refractivity contribution in [2.45, 2.75) is 90.3 Å². The molecule has 0 saturated carbocycles. The van der Waals surface area contributed by atoms with E-state index in [-0.39, 0.29) is 23.3 Å². The minimum Gasteiger partial charge on any atom is -0.495 e. The molecular weight excluding hydrogens is 941 g/mol. The predicted molar refractivity (Wildman–Crippen MR) is 269 cm³/mol. The Morgan fingerprint density at radius 2 is 1.08 bits per heavy atom. The van der Waals surface area contributed by atoms with Crippen molar-refractivity contribution in [3.63, 3.8) is 0 Å². The van der Waals surface area contributed by atoms with Gasteiger partial charge in [-0.25, -0.2) is 24.7 Å². The van der Waals surface area contributed by atoms with Gasteiger partial charge in [0.05, 0.1) is 80.4 Å². The normalized spacial score (nSPS) is 16.4. The largest absolute Gasteiger partial charge is 0.495 e. The first kappa shape index (κ1) is 50.8. The molecular formula is C51H64N12O10. The van der Waals surface area contributed by atoms with Crippen molar-refractivity contribution in [1.82, 2.24) is 59.1 Å². The topological polar surface area (TPSA) is 225 Å². The number of aromatic nitrogens is 8. The SMILES string of the molecule is COc1cnc2ncc(=O)n(CCN3CCC(N(Cc4cc5c(cn4)OCCO5)C(=O)OC(C)(C)C)CC3)c2c1.COc1cnc2ncc(=O)n(CCN3CCC(NCc4cc5c(cn4)OCCO5)CC3)c2c1. The van der Waals surface area contributed by atoms with E-state index in [1.165, 1.54) is 12.4 Å². The van der Waals surface area contributed by atoms with E-state index in [0.717, 1.165) is 69.9 Å². The van der Waals surface area contributed by atoms with Gasteiger partial charge in [-0.3, -0.25) is 24.5 Å². The molecule has 1 amide bonds. The van der Waals surface area contributed by atoms with Crippen molar-refractivity contribution in [2.75, 3.05) is 79.9 Å². The van der Waals surface area contributed by atoms with Crippen LogP contribution in [0.4, 0.5) is 4.79 Å². The maximum Gasteiger partial charge on any atom is 0.410 e. The highest BCUT2D eigenvalue weighted by atomic mass is 16.6. The van der Waals surface area contributed by atoms with Gasteiger partial charge in [-0.15, -0.1) is 0 Å². The molecule has 1 N–H and O–H groups in total. The third-order valence-corrected chi connectivity index (χ3v) is 13.2. The average molecular weight is 1010 g/mol. The van der Waals surface area contributed by atoms with Crippen molar-refractivity contribution in [2.24, 2.45) is 0 Å². The summed E-state index contributed by atoms with van der Waals surface area (Å²) < 4.78 is 42.2. The van der Waals surface area contributed by atoms with E-state index in [1.807, 2.05) is 39.0 Å². The summed E-state index contributed by atoms with van der Waals surface area (Å²) in [7, 11) is 3.15. The molecule has 0 atom stereocenters. The van der Waals surface area contributed by atoms with Crippen molar-refractivity contribution >= 4 is 28.4 Å². The van der Waals surface area contributed by atoms with Gasteiger partial charge in [0.25, 0.3) is 11.1 Å². The lowest BCUT2D eigenvalue weighted by molar-refractivity contribution is 0.00528. The quantitative estimate of drug-likeness (QED) is 0.162. The van der Waals surface area contributed by atoms with Crippen LogP contribution in [-0.4, -0.2) is 157 Å². The molecule has 2 fully saturated rings. The fourth-order valence-corrected chi connectivity index (χ4v) is 9.29. The van der Waals surface area contributed by atoms with Gasteiger partial charge in [0.15, 0.2) is 34.3 Å². The number of piperidine rings is 2. The van der Waals surface area contributed by atoms with Crippen LogP contribution in [0.2, 0.25) is 0 Å². The van der Waals surface area contributed by atoms with Crippen molar-refractivity contribution < 1.29 is 38.0 Å². The molecule has 0 spiro atoms. The molecule has 73 heavy (non-hydrogen) atoms. The molecule has 0 aromatic carbocycles. The molecule has 4 aliphatic rings. The fourth-order valence-electron chi connectivity index (χ4n) is 9.29. The molecule has 6 aromatic heterocycles. The molecule has 388 valence electrons. The van der Waals surface area contributed by atoms with Crippen molar-refractivity contribution in [3.8, 4) is 34.5 Å². The summed E-state index contributed by atoms with van der Waals surface area (Å²) in [6, 6.07) is 7.82. The van der Waals surface area contributed by atoms with E-state index in [0.29, 0.717) is 122 Å². The van der Waals surface area contributed by atoms with Gasteiger partial charge in [-0.1, -0.05) is 0 Å².